The van der Waals surface area contributed by atoms with E-state index in [0.717, 1.165) is 75.9 Å². The van der Waals surface area contributed by atoms with Gasteiger partial charge in [-0.25, -0.2) is 0 Å². The summed E-state index contributed by atoms with van der Waals surface area (Å²) < 4.78 is 7.69. The molecule has 1 aromatic carbocycles. The van der Waals surface area contributed by atoms with E-state index in [1.165, 1.54) is 18.5 Å². The van der Waals surface area contributed by atoms with Gasteiger partial charge in [0.15, 0.2) is 0 Å². The zero-order valence-electron chi connectivity index (χ0n) is 17.4. The molecule has 0 aliphatic carbocycles. The normalized spacial score (nSPS) is 17.8. The topological polar surface area (TPSA) is 63.7 Å². The predicted molar refractivity (Wildman–Crippen MR) is 116 cm³/mol. The van der Waals surface area contributed by atoms with Crippen LogP contribution >= 0.6 is 0 Å². The lowest BCUT2D eigenvalue weighted by Crippen LogP contribution is -2.37. The molecule has 156 valence electrons. The highest BCUT2D eigenvalue weighted by Crippen LogP contribution is 2.29. The Morgan fingerprint density at radius 3 is 2.38 bits per heavy atom. The van der Waals surface area contributed by atoms with Crippen molar-refractivity contribution in [1.29, 1.82) is 0 Å². The predicted octanol–water partition coefficient (Wildman–Crippen LogP) is 2.88. The monoisotopic (exact) mass is 396 g/mol. The van der Waals surface area contributed by atoms with E-state index in [1.54, 1.807) is 0 Å². The lowest BCUT2D eigenvalue weighted by Gasteiger charge is -2.26. The maximum atomic E-state index is 11.9. The van der Waals surface area contributed by atoms with Crippen molar-refractivity contribution >= 4 is 11.6 Å². The average molecular weight is 397 g/mol. The number of nitrogens with zero attached hydrogens (tertiary/aromatic N) is 3. The van der Waals surface area contributed by atoms with Gasteiger partial charge in [-0.3, -0.25) is 9.69 Å². The zero-order valence-corrected chi connectivity index (χ0v) is 17.4. The Labute approximate surface area is 173 Å². The van der Waals surface area contributed by atoms with Gasteiger partial charge in [0.25, 0.3) is 5.91 Å². The maximum absolute atomic E-state index is 11.9. The fraction of sp³-hybridized carbons (Fsp3) is 0.522. The summed E-state index contributed by atoms with van der Waals surface area (Å²) in [4.78, 5) is 16.8. The number of primary amides is 1. The van der Waals surface area contributed by atoms with Crippen molar-refractivity contribution in [2.24, 2.45) is 5.73 Å². The van der Waals surface area contributed by atoms with Gasteiger partial charge in [-0.15, -0.1) is 0 Å². The van der Waals surface area contributed by atoms with E-state index in [-0.39, 0.29) is 5.91 Å². The van der Waals surface area contributed by atoms with Gasteiger partial charge in [-0.05, 0) is 49.9 Å². The van der Waals surface area contributed by atoms with Crippen LogP contribution in [-0.2, 0) is 11.3 Å². The highest BCUT2D eigenvalue weighted by Gasteiger charge is 2.18. The van der Waals surface area contributed by atoms with Crippen LogP contribution in [0.1, 0.15) is 35.3 Å². The molecule has 0 saturated carbocycles. The number of hydrogen-bond donors (Lipinski definition) is 1. The second-order valence-electron chi connectivity index (χ2n) is 8.09. The summed E-state index contributed by atoms with van der Waals surface area (Å²) in [6.45, 7) is 9.84. The van der Waals surface area contributed by atoms with E-state index in [2.05, 4.69) is 38.6 Å². The SMILES string of the molecule is Cc1c(C(N)=O)cc(-c2ccc(N3CCCC3)cc2)n1CCCN1CCOCC1. The molecule has 2 aliphatic heterocycles. The molecule has 0 radical (unpaired) electrons. The van der Waals surface area contributed by atoms with Gasteiger partial charge in [0, 0.05) is 56.3 Å². The number of carbonyl (C=O) groups is 1. The third kappa shape index (κ3) is 4.49. The summed E-state index contributed by atoms with van der Waals surface area (Å²) in [5, 5.41) is 0. The molecule has 0 spiro atoms. The van der Waals surface area contributed by atoms with Crippen LogP contribution in [0.25, 0.3) is 11.3 Å². The van der Waals surface area contributed by atoms with Gasteiger partial charge in [-0.2, -0.15) is 0 Å². The lowest BCUT2D eigenvalue weighted by molar-refractivity contribution is 0.0369. The molecule has 2 aromatic rings. The Bertz CT molecular complexity index is 831. The number of ether oxygens (including phenoxy) is 1. The fourth-order valence-corrected chi connectivity index (χ4v) is 4.52. The minimum atomic E-state index is -0.357. The fourth-order valence-electron chi connectivity index (χ4n) is 4.52. The minimum Gasteiger partial charge on any atom is -0.379 e. The van der Waals surface area contributed by atoms with E-state index in [9.17, 15) is 4.79 Å². The van der Waals surface area contributed by atoms with Crippen molar-refractivity contribution in [3.05, 3.63) is 41.6 Å². The molecule has 2 N–H and O–H groups in total. The Kier molecular flexibility index (Phi) is 6.21. The molecule has 2 fully saturated rings. The quantitative estimate of drug-likeness (QED) is 0.782. The van der Waals surface area contributed by atoms with Gasteiger partial charge < -0.3 is 19.9 Å². The number of anilines is 1. The van der Waals surface area contributed by atoms with Crippen LogP contribution in [0.2, 0.25) is 0 Å². The Balaban J connectivity index is 1.53. The van der Waals surface area contributed by atoms with Crippen molar-refractivity contribution in [2.75, 3.05) is 50.8 Å². The molecule has 0 atom stereocenters. The third-order valence-corrected chi connectivity index (χ3v) is 6.23. The summed E-state index contributed by atoms with van der Waals surface area (Å²) in [6.07, 6.45) is 3.58. The van der Waals surface area contributed by atoms with Crippen LogP contribution in [0, 0.1) is 6.92 Å². The second kappa shape index (κ2) is 9.01. The van der Waals surface area contributed by atoms with Crippen LogP contribution in [0.5, 0.6) is 0 Å². The highest BCUT2D eigenvalue weighted by molar-refractivity contribution is 5.95. The average Bonchev–Trinajstić information content (AvgIpc) is 3.38. The number of aromatic nitrogens is 1. The van der Waals surface area contributed by atoms with Gasteiger partial charge in [-0.1, -0.05) is 12.1 Å². The molecule has 3 heterocycles. The number of morpholine rings is 1. The smallest absolute Gasteiger partial charge is 0.250 e. The second-order valence-corrected chi connectivity index (χ2v) is 8.09. The molecule has 2 saturated heterocycles. The molecule has 2 aliphatic rings. The number of nitrogens with two attached hydrogens (primary N) is 1. The van der Waals surface area contributed by atoms with Gasteiger partial charge in [0.2, 0.25) is 0 Å². The first-order valence-corrected chi connectivity index (χ1v) is 10.8. The lowest BCUT2D eigenvalue weighted by atomic mass is 10.1. The third-order valence-electron chi connectivity index (χ3n) is 6.23. The van der Waals surface area contributed by atoms with E-state index >= 15 is 0 Å². The highest BCUT2D eigenvalue weighted by atomic mass is 16.5. The molecule has 1 aromatic heterocycles. The van der Waals surface area contributed by atoms with Crippen LogP contribution in [0.4, 0.5) is 5.69 Å². The Morgan fingerprint density at radius 1 is 1.03 bits per heavy atom. The minimum absolute atomic E-state index is 0.357. The molecular formula is C23H32N4O2. The number of carbonyl (C=O) groups excluding carboxylic acids is 1. The largest absolute Gasteiger partial charge is 0.379 e. The molecule has 0 unspecified atom stereocenters. The van der Waals surface area contributed by atoms with Gasteiger partial charge >= 0.3 is 0 Å². The number of amides is 1. The molecule has 6 nitrogen and oxygen atoms in total. The molecule has 1 amide bonds. The standard InChI is InChI=1S/C23H32N4O2/c1-18-21(23(24)28)17-22(27(18)12-4-9-25-13-15-29-16-14-25)19-5-7-20(8-6-19)26-10-2-3-11-26/h5-8,17H,2-4,9-16H2,1H3,(H2,24,28). The van der Waals surface area contributed by atoms with Crippen LogP contribution in [0.3, 0.4) is 0 Å². The number of hydrogen-bond acceptors (Lipinski definition) is 4. The van der Waals surface area contributed by atoms with Gasteiger partial charge in [0.05, 0.1) is 18.8 Å². The summed E-state index contributed by atoms with van der Waals surface area (Å²) in [6, 6.07) is 10.7. The van der Waals surface area contributed by atoms with Crippen LogP contribution in [-0.4, -0.2) is 61.3 Å². The van der Waals surface area contributed by atoms with Crippen molar-refractivity contribution in [3.63, 3.8) is 0 Å². The zero-order chi connectivity index (χ0) is 20.2. The van der Waals surface area contributed by atoms with E-state index < -0.39 is 0 Å². The summed E-state index contributed by atoms with van der Waals surface area (Å²) >= 11 is 0. The number of rotatable bonds is 7. The first kappa shape index (κ1) is 20.0. The van der Waals surface area contributed by atoms with E-state index in [0.29, 0.717) is 5.56 Å². The van der Waals surface area contributed by atoms with E-state index in [4.69, 9.17) is 10.5 Å². The summed E-state index contributed by atoms with van der Waals surface area (Å²) in [5.74, 6) is -0.357. The molecule has 6 heteroatoms. The molecule has 29 heavy (non-hydrogen) atoms. The maximum Gasteiger partial charge on any atom is 0.250 e. The first-order valence-electron chi connectivity index (χ1n) is 10.8. The number of benzene rings is 1. The van der Waals surface area contributed by atoms with Crippen LogP contribution < -0.4 is 10.6 Å². The van der Waals surface area contributed by atoms with Crippen molar-refractivity contribution in [1.82, 2.24) is 9.47 Å². The first-order chi connectivity index (χ1) is 14.1. The molecule has 4 rings (SSSR count). The van der Waals surface area contributed by atoms with Crippen molar-refractivity contribution < 1.29 is 9.53 Å². The Morgan fingerprint density at radius 2 is 1.72 bits per heavy atom. The Hall–Kier alpha value is -2.31. The van der Waals surface area contributed by atoms with Crippen molar-refractivity contribution in [3.8, 4) is 11.3 Å². The van der Waals surface area contributed by atoms with E-state index in [1.807, 2.05) is 13.0 Å². The van der Waals surface area contributed by atoms with Gasteiger partial charge in [0.1, 0.15) is 0 Å². The molecule has 0 bridgehead atoms. The summed E-state index contributed by atoms with van der Waals surface area (Å²) in [7, 11) is 0. The van der Waals surface area contributed by atoms with Crippen molar-refractivity contribution in [2.45, 2.75) is 32.7 Å². The van der Waals surface area contributed by atoms with Crippen LogP contribution in [0.15, 0.2) is 30.3 Å². The summed E-state index contributed by atoms with van der Waals surface area (Å²) in [5.41, 5.74) is 10.7. The molecular weight excluding hydrogens is 364 g/mol.